The number of hydrogen-bond donors (Lipinski definition) is 3. The number of nitrogens with one attached hydrogen (secondary N) is 2. The van der Waals surface area contributed by atoms with Crippen LogP contribution in [0.1, 0.15) is 70.0 Å². The number of anilines is 1. The zero-order valence-electron chi connectivity index (χ0n) is 17.6. The molecule has 0 radical (unpaired) electrons. The molecule has 0 saturated heterocycles. The Bertz CT molecular complexity index is 820. The summed E-state index contributed by atoms with van der Waals surface area (Å²) in [4.78, 5) is 17.1. The summed E-state index contributed by atoms with van der Waals surface area (Å²) < 4.78 is 1.93. The number of nitrogens with two attached hydrogens (primary N) is 1. The van der Waals surface area contributed by atoms with Crippen LogP contribution >= 0.6 is 12.2 Å². The molecule has 4 N–H and O–H groups in total. The fourth-order valence-corrected chi connectivity index (χ4v) is 3.24. The monoisotopic (exact) mass is 415 g/mol. The zero-order valence-corrected chi connectivity index (χ0v) is 18.5. The summed E-state index contributed by atoms with van der Waals surface area (Å²) in [6, 6.07) is 8.77. The first-order valence-corrected chi connectivity index (χ1v) is 10.7. The van der Waals surface area contributed by atoms with Crippen LogP contribution in [0.5, 0.6) is 0 Å². The van der Waals surface area contributed by atoms with Crippen molar-refractivity contribution in [1.29, 1.82) is 5.41 Å². The van der Waals surface area contributed by atoms with Crippen molar-refractivity contribution < 1.29 is 4.79 Å². The Morgan fingerprint density at radius 1 is 1.24 bits per heavy atom. The molecule has 1 heterocycles. The molecule has 0 spiro atoms. The highest BCUT2D eigenvalue weighted by Gasteiger charge is 2.23. The van der Waals surface area contributed by atoms with Crippen molar-refractivity contribution in [2.75, 3.05) is 12.3 Å². The molecule has 2 rings (SSSR count). The highest BCUT2D eigenvalue weighted by molar-refractivity contribution is 7.71. The van der Waals surface area contributed by atoms with Gasteiger partial charge in [0.05, 0.1) is 11.9 Å². The van der Waals surface area contributed by atoms with E-state index in [4.69, 9.17) is 23.4 Å². The number of rotatable bonds is 10. The van der Waals surface area contributed by atoms with Crippen molar-refractivity contribution in [3.63, 3.8) is 0 Å². The summed E-state index contributed by atoms with van der Waals surface area (Å²) in [6.07, 6.45) is 8.21. The zero-order chi connectivity index (χ0) is 21.6. The van der Waals surface area contributed by atoms with Crippen molar-refractivity contribution in [3.8, 4) is 0 Å². The van der Waals surface area contributed by atoms with Crippen LogP contribution < -0.4 is 11.1 Å². The quantitative estimate of drug-likeness (QED) is 0.292. The first-order chi connectivity index (χ1) is 14.1. The number of carbonyl (C=O) groups excluding carboxylic acids is 1. The number of nitrogen functional groups attached to an aromatic ring is 1. The Balaban J connectivity index is 0.00000204. The minimum absolute atomic E-state index is 0.143. The van der Waals surface area contributed by atoms with E-state index in [1.807, 2.05) is 44.2 Å². The second-order valence-electron chi connectivity index (χ2n) is 6.42. The predicted molar refractivity (Wildman–Crippen MR) is 123 cm³/mol. The second-order valence-corrected chi connectivity index (χ2v) is 6.81. The lowest BCUT2D eigenvalue weighted by molar-refractivity contribution is -0.123. The smallest absolute Gasteiger partial charge is 0.247 e. The van der Waals surface area contributed by atoms with Gasteiger partial charge in [-0.2, -0.15) is 0 Å². The molecule has 0 fully saturated rings. The van der Waals surface area contributed by atoms with E-state index in [1.54, 1.807) is 4.57 Å². The SMILES string of the molecule is CC.CCCCCCCNC(=O)C(c1ccccc1)n1cnc(N)c(C=N)c1=S. The molecule has 0 aliphatic heterocycles. The molecule has 1 atom stereocenters. The summed E-state index contributed by atoms with van der Waals surface area (Å²) in [5.41, 5.74) is 6.96. The molecular formula is C22H33N5OS. The van der Waals surface area contributed by atoms with E-state index >= 15 is 0 Å². The molecule has 6 nitrogen and oxygen atoms in total. The lowest BCUT2D eigenvalue weighted by atomic mass is 10.1. The Morgan fingerprint density at radius 3 is 2.52 bits per heavy atom. The first-order valence-electron chi connectivity index (χ1n) is 10.3. The number of hydrogen-bond acceptors (Lipinski definition) is 5. The van der Waals surface area contributed by atoms with E-state index in [2.05, 4.69) is 17.2 Å². The Hall–Kier alpha value is -2.54. The van der Waals surface area contributed by atoms with E-state index in [-0.39, 0.29) is 11.7 Å². The molecule has 1 amide bonds. The minimum atomic E-state index is -0.652. The van der Waals surface area contributed by atoms with Crippen LogP contribution in [0.2, 0.25) is 0 Å². The number of nitrogens with zero attached hydrogens (tertiary/aromatic N) is 2. The summed E-state index contributed by atoms with van der Waals surface area (Å²) >= 11 is 5.47. The van der Waals surface area contributed by atoms with Crippen LogP contribution in [0.25, 0.3) is 0 Å². The van der Waals surface area contributed by atoms with Gasteiger partial charge in [0.1, 0.15) is 16.5 Å². The van der Waals surface area contributed by atoms with Crippen molar-refractivity contribution in [3.05, 3.63) is 52.4 Å². The molecule has 29 heavy (non-hydrogen) atoms. The molecular weight excluding hydrogens is 382 g/mol. The van der Waals surface area contributed by atoms with Crippen molar-refractivity contribution in [2.24, 2.45) is 0 Å². The lowest BCUT2D eigenvalue weighted by Crippen LogP contribution is -2.34. The van der Waals surface area contributed by atoms with Gasteiger partial charge in [-0.3, -0.25) is 4.79 Å². The van der Waals surface area contributed by atoms with Crippen molar-refractivity contribution >= 4 is 30.2 Å². The maximum absolute atomic E-state index is 13.0. The highest BCUT2D eigenvalue weighted by atomic mass is 32.1. The molecule has 7 heteroatoms. The van der Waals surface area contributed by atoms with Crippen LogP contribution in [0.15, 0.2) is 36.7 Å². The van der Waals surface area contributed by atoms with Gasteiger partial charge in [-0.05, 0) is 12.0 Å². The van der Waals surface area contributed by atoms with Crippen molar-refractivity contribution in [1.82, 2.24) is 14.9 Å². The summed E-state index contributed by atoms with van der Waals surface area (Å²) in [6.45, 7) is 6.80. The molecule has 0 aliphatic rings. The van der Waals surface area contributed by atoms with E-state index in [9.17, 15) is 4.79 Å². The Kier molecular flexibility index (Phi) is 11.5. The first kappa shape index (κ1) is 24.5. The molecule has 0 bridgehead atoms. The van der Waals surface area contributed by atoms with Crippen LogP contribution in [0, 0.1) is 10.0 Å². The summed E-state index contributed by atoms with van der Waals surface area (Å²) in [5.74, 6) is 0.0460. The third kappa shape index (κ3) is 7.09. The topological polar surface area (TPSA) is 96.8 Å². The van der Waals surface area contributed by atoms with E-state index in [1.165, 1.54) is 25.6 Å². The van der Waals surface area contributed by atoms with Crippen LogP contribution in [-0.2, 0) is 4.79 Å². The van der Waals surface area contributed by atoms with Gasteiger partial charge in [0, 0.05) is 12.8 Å². The maximum Gasteiger partial charge on any atom is 0.247 e. The summed E-state index contributed by atoms with van der Waals surface area (Å²) in [7, 11) is 0. The van der Waals surface area contributed by atoms with Gasteiger partial charge in [-0.25, -0.2) is 4.98 Å². The molecule has 1 aromatic carbocycles. The predicted octanol–water partition coefficient (Wildman–Crippen LogP) is 4.89. The van der Waals surface area contributed by atoms with Crippen LogP contribution in [0.4, 0.5) is 5.82 Å². The minimum Gasteiger partial charge on any atom is -0.383 e. The van der Waals surface area contributed by atoms with Crippen molar-refractivity contribution in [2.45, 2.75) is 58.9 Å². The average Bonchev–Trinajstić information content (AvgIpc) is 2.75. The largest absolute Gasteiger partial charge is 0.383 e. The average molecular weight is 416 g/mol. The van der Waals surface area contributed by atoms with Gasteiger partial charge in [0.2, 0.25) is 5.91 Å². The highest BCUT2D eigenvalue weighted by Crippen LogP contribution is 2.21. The Labute approximate surface area is 179 Å². The van der Waals surface area contributed by atoms with Gasteiger partial charge in [-0.15, -0.1) is 0 Å². The maximum atomic E-state index is 13.0. The second kappa shape index (κ2) is 13.6. The number of benzene rings is 1. The molecule has 1 unspecified atom stereocenters. The van der Waals surface area contributed by atoms with Gasteiger partial charge in [-0.1, -0.05) is 89.0 Å². The van der Waals surface area contributed by atoms with Gasteiger partial charge >= 0.3 is 0 Å². The third-order valence-corrected chi connectivity index (χ3v) is 4.86. The number of carbonyl (C=O) groups is 1. The molecule has 158 valence electrons. The van der Waals surface area contributed by atoms with Gasteiger partial charge < -0.3 is 21.0 Å². The van der Waals surface area contributed by atoms with Gasteiger partial charge in [0.25, 0.3) is 0 Å². The molecule has 0 saturated carbocycles. The number of aromatic nitrogens is 2. The fourth-order valence-electron chi connectivity index (χ4n) is 2.93. The molecule has 1 aromatic heterocycles. The lowest BCUT2D eigenvalue weighted by Gasteiger charge is -2.21. The molecule has 2 aromatic rings. The number of unbranched alkanes of at least 4 members (excludes halogenated alkanes) is 4. The fraction of sp³-hybridized carbons (Fsp3) is 0.455. The Morgan fingerprint density at radius 2 is 1.90 bits per heavy atom. The summed E-state index contributed by atoms with van der Waals surface area (Å²) in [5, 5.41) is 10.6. The standard InChI is InChI=1S/C20H27N5OS.C2H6/c1-2-3-4-5-9-12-23-19(26)17(15-10-7-6-8-11-15)25-14-24-18(22)16(13-21)20(25)27;1-2/h6-8,10-11,13-14,17,21H,2-5,9,12,22H2,1H3,(H,23,26);1-2H3. The van der Waals surface area contributed by atoms with E-state index in [0.29, 0.717) is 16.7 Å². The van der Waals surface area contributed by atoms with Gasteiger partial charge in [0.15, 0.2) is 0 Å². The van der Waals surface area contributed by atoms with Crippen LogP contribution in [-0.4, -0.2) is 28.2 Å². The van der Waals surface area contributed by atoms with Crippen LogP contribution in [0.3, 0.4) is 0 Å². The normalized spacial score (nSPS) is 11.1. The third-order valence-electron chi connectivity index (χ3n) is 4.43. The van der Waals surface area contributed by atoms with E-state index in [0.717, 1.165) is 24.6 Å². The number of amides is 1. The molecule has 0 aliphatic carbocycles. The van der Waals surface area contributed by atoms with E-state index < -0.39 is 6.04 Å².